The maximum atomic E-state index is 10.1. The van der Waals surface area contributed by atoms with Crippen LogP contribution in [-0.2, 0) is 10.0 Å². The molecule has 0 aromatic carbocycles. The third kappa shape index (κ3) is 11.4. The molecule has 0 unspecified atom stereocenters. The van der Waals surface area contributed by atoms with Crippen LogP contribution in [0.1, 0.15) is 19.8 Å². The summed E-state index contributed by atoms with van der Waals surface area (Å²) < 4.78 is 20.2. The van der Waals surface area contributed by atoms with E-state index < -0.39 is 10.0 Å². The summed E-state index contributed by atoms with van der Waals surface area (Å²) in [6.45, 7) is 1.95. The van der Waals surface area contributed by atoms with Crippen LogP contribution in [0.4, 0.5) is 0 Å². The molecule has 0 heterocycles. The van der Waals surface area contributed by atoms with Gasteiger partial charge in [0.15, 0.2) is 0 Å². The maximum Gasteiger partial charge on any atom is 1.00 e. The molecule has 0 aliphatic carbocycles. The number of nitrogens with one attached hydrogen (secondary N) is 1. The average molecular weight is 171 g/mol. The van der Waals surface area contributed by atoms with Gasteiger partial charge >= 0.3 is 29.6 Å². The average Bonchev–Trinajstić information content (AvgIpc) is 1.63. The van der Waals surface area contributed by atoms with E-state index in [1.54, 1.807) is 0 Å². The molecule has 5 heteroatoms. The van der Waals surface area contributed by atoms with Gasteiger partial charge in [0.2, 0.25) is 0 Å². The van der Waals surface area contributed by atoms with Gasteiger partial charge in [0.25, 0.3) is 0 Å². The first-order valence-electron chi connectivity index (χ1n) is 2.72. The monoisotopic (exact) mass is 171 g/mol. The Morgan fingerprint density at radius 2 is 2.00 bits per heavy atom. The van der Waals surface area contributed by atoms with Crippen LogP contribution in [0.2, 0.25) is 0 Å². The second-order valence-corrected chi connectivity index (χ2v) is 3.07. The standard InChI is InChI=1S/C5H10NO2S.Na/c1-2-3-4-5-9(6,7)8;/h4-5H,2-3H2,1H3,(H-,6,7,8);/q-1;+1. The minimum atomic E-state index is -3.63. The fourth-order valence-corrected chi connectivity index (χ4v) is 0.751. The van der Waals surface area contributed by atoms with Crippen LogP contribution in [0.3, 0.4) is 0 Å². The van der Waals surface area contributed by atoms with E-state index in [1.807, 2.05) is 6.92 Å². The first-order chi connectivity index (χ1) is 4.06. The zero-order valence-corrected chi connectivity index (χ0v) is 9.11. The summed E-state index contributed by atoms with van der Waals surface area (Å²) in [5.41, 5.74) is 0. The molecule has 0 aromatic rings. The van der Waals surface area contributed by atoms with Gasteiger partial charge in [-0.1, -0.05) is 19.4 Å². The first-order valence-corrected chi connectivity index (χ1v) is 4.27. The molecule has 0 spiro atoms. The van der Waals surface area contributed by atoms with E-state index in [1.165, 1.54) is 6.08 Å². The van der Waals surface area contributed by atoms with Crippen molar-refractivity contribution in [2.75, 3.05) is 0 Å². The van der Waals surface area contributed by atoms with E-state index in [0.29, 0.717) is 0 Å². The number of rotatable bonds is 3. The Bertz CT molecular complexity index is 186. The molecule has 0 atom stereocenters. The van der Waals surface area contributed by atoms with Crippen LogP contribution in [0.25, 0.3) is 5.14 Å². The number of hydrogen-bond acceptors (Lipinski definition) is 2. The fraction of sp³-hybridized carbons (Fsp3) is 0.600. The number of hydrogen-bond donors (Lipinski definition) is 0. The molecule has 0 saturated heterocycles. The van der Waals surface area contributed by atoms with Gasteiger partial charge in [-0.3, -0.25) is 0 Å². The molecule has 0 radical (unpaired) electrons. The summed E-state index contributed by atoms with van der Waals surface area (Å²) in [4.78, 5) is 0. The first kappa shape index (κ1) is 13.3. The van der Waals surface area contributed by atoms with Crippen LogP contribution in [0, 0.1) is 0 Å². The molecule has 0 bridgehead atoms. The third-order valence-corrected chi connectivity index (χ3v) is 1.28. The number of sulfonamides is 1. The van der Waals surface area contributed by atoms with E-state index in [4.69, 9.17) is 5.14 Å². The Kier molecular flexibility index (Phi) is 8.44. The largest absolute Gasteiger partial charge is 1.00 e. The normalized spacial score (nSPS) is 11.4. The SMILES string of the molecule is CCCC=CS([NH-])(=O)=O.[Na+]. The van der Waals surface area contributed by atoms with Crippen LogP contribution >= 0.6 is 0 Å². The Morgan fingerprint density at radius 3 is 2.30 bits per heavy atom. The van der Waals surface area contributed by atoms with E-state index in [9.17, 15) is 8.42 Å². The molecule has 0 aliphatic heterocycles. The van der Waals surface area contributed by atoms with Crippen molar-refractivity contribution in [3.63, 3.8) is 0 Å². The quantitative estimate of drug-likeness (QED) is 0.495. The van der Waals surface area contributed by atoms with Gasteiger partial charge < -0.3 is 5.14 Å². The van der Waals surface area contributed by atoms with E-state index in [2.05, 4.69) is 0 Å². The second kappa shape index (κ2) is 6.37. The molecular weight excluding hydrogens is 161 g/mol. The van der Waals surface area contributed by atoms with Gasteiger partial charge in [-0.2, -0.15) is 0 Å². The molecule has 0 rings (SSSR count). The smallest absolute Gasteiger partial charge is 0.560 e. The Morgan fingerprint density at radius 1 is 1.50 bits per heavy atom. The van der Waals surface area contributed by atoms with Crippen LogP contribution < -0.4 is 29.6 Å². The van der Waals surface area contributed by atoms with E-state index >= 15 is 0 Å². The molecular formula is C5H10NNaO2S. The Balaban J connectivity index is 0. The summed E-state index contributed by atoms with van der Waals surface area (Å²) in [6.07, 6.45) is 3.12. The van der Waals surface area contributed by atoms with Crippen LogP contribution in [0.15, 0.2) is 11.5 Å². The van der Waals surface area contributed by atoms with Gasteiger partial charge in [-0.15, -0.1) is 0 Å². The molecule has 0 aromatic heterocycles. The van der Waals surface area contributed by atoms with Crippen molar-refractivity contribution in [3.05, 3.63) is 16.6 Å². The van der Waals surface area contributed by atoms with E-state index in [-0.39, 0.29) is 29.6 Å². The topological polar surface area (TPSA) is 57.9 Å². The zero-order valence-electron chi connectivity index (χ0n) is 6.29. The van der Waals surface area contributed by atoms with Crippen LogP contribution in [0.5, 0.6) is 0 Å². The van der Waals surface area contributed by atoms with Crippen molar-refractivity contribution in [2.45, 2.75) is 19.8 Å². The van der Waals surface area contributed by atoms with Gasteiger partial charge in [-0.25, -0.2) is 8.42 Å². The summed E-state index contributed by atoms with van der Waals surface area (Å²) in [6, 6.07) is 0. The van der Waals surface area contributed by atoms with Gasteiger partial charge in [0, 0.05) is 5.41 Å². The summed E-state index contributed by atoms with van der Waals surface area (Å²) in [5.74, 6) is 0. The van der Waals surface area contributed by atoms with Gasteiger partial charge in [-0.05, 0) is 6.42 Å². The van der Waals surface area contributed by atoms with Crippen molar-refractivity contribution >= 4 is 10.0 Å². The Hall–Kier alpha value is 0.650. The fourth-order valence-electron chi connectivity index (χ4n) is 0.361. The second-order valence-electron chi connectivity index (χ2n) is 1.71. The molecule has 3 nitrogen and oxygen atoms in total. The maximum absolute atomic E-state index is 10.1. The van der Waals surface area contributed by atoms with Gasteiger partial charge in [0.1, 0.15) is 0 Å². The van der Waals surface area contributed by atoms with Crippen molar-refractivity contribution in [1.82, 2.24) is 0 Å². The van der Waals surface area contributed by atoms with E-state index in [0.717, 1.165) is 18.2 Å². The minimum absolute atomic E-state index is 0. The summed E-state index contributed by atoms with van der Waals surface area (Å²) >= 11 is 0. The number of allylic oxidation sites excluding steroid dienone is 1. The van der Waals surface area contributed by atoms with Crippen molar-refractivity contribution in [2.24, 2.45) is 0 Å². The zero-order chi connectivity index (χ0) is 7.33. The predicted octanol–water partition coefficient (Wildman–Crippen LogP) is -1.31. The minimum Gasteiger partial charge on any atom is -0.560 e. The predicted molar refractivity (Wildman–Crippen MR) is 37.3 cm³/mol. The van der Waals surface area contributed by atoms with Crippen molar-refractivity contribution < 1.29 is 38.0 Å². The Labute approximate surface area is 84.0 Å². The molecule has 0 amide bonds. The third-order valence-electron chi connectivity index (χ3n) is 0.731. The molecule has 1 N–H and O–H groups in total. The molecule has 0 saturated carbocycles. The van der Waals surface area contributed by atoms with Crippen LogP contribution in [-0.4, -0.2) is 8.42 Å². The molecule has 0 fully saturated rings. The van der Waals surface area contributed by atoms with Gasteiger partial charge in [0.05, 0.1) is 10.0 Å². The number of unbranched alkanes of at least 4 members (excludes halogenated alkanes) is 1. The molecule has 0 aliphatic rings. The summed E-state index contributed by atoms with van der Waals surface area (Å²) in [5, 5.41) is 7.31. The molecule has 10 heavy (non-hydrogen) atoms. The van der Waals surface area contributed by atoms with Crippen molar-refractivity contribution in [3.8, 4) is 0 Å². The summed E-state index contributed by atoms with van der Waals surface area (Å²) in [7, 11) is -3.63. The molecule has 54 valence electrons. The van der Waals surface area contributed by atoms with Crippen molar-refractivity contribution in [1.29, 1.82) is 0 Å².